The lowest BCUT2D eigenvalue weighted by molar-refractivity contribution is 0.129. The molecule has 0 aliphatic heterocycles. The number of rotatable bonds is 2. The normalized spacial score (nSPS) is 7.08. The van der Waals surface area contributed by atoms with Gasteiger partial charge >= 0.3 is 12.1 Å². The molecule has 0 spiro atoms. The molecule has 0 unspecified atom stereocenters. The summed E-state index contributed by atoms with van der Waals surface area (Å²) < 4.78 is 0. The maximum absolute atomic E-state index is 9.64. The third-order valence-corrected chi connectivity index (χ3v) is 0.423. The molecule has 0 aliphatic carbocycles. The van der Waals surface area contributed by atoms with E-state index in [2.05, 4.69) is 23.4 Å². The second-order valence-corrected chi connectivity index (χ2v) is 1.31. The highest BCUT2D eigenvalue weighted by Gasteiger charge is 1.79. The molecular formula is C4H11N5O3. The fraction of sp³-hybridized carbons (Fsp3) is 0. The van der Waals surface area contributed by atoms with Crippen LogP contribution >= 0.6 is 0 Å². The van der Waals surface area contributed by atoms with Gasteiger partial charge in [-0.05, 0) is 6.20 Å². The van der Waals surface area contributed by atoms with Crippen LogP contribution in [0.2, 0.25) is 0 Å². The fourth-order valence-electron chi connectivity index (χ4n) is 0.156. The summed E-state index contributed by atoms with van der Waals surface area (Å²) in [5, 5.41) is 9.69. The molecule has 70 valence electrons. The van der Waals surface area contributed by atoms with Gasteiger partial charge in [-0.1, -0.05) is 6.58 Å². The Morgan fingerprint density at radius 2 is 1.83 bits per heavy atom. The highest BCUT2D eigenvalue weighted by Crippen LogP contribution is 1.49. The molecule has 8 heteroatoms. The van der Waals surface area contributed by atoms with E-state index in [1.165, 1.54) is 11.8 Å². The zero-order valence-electron chi connectivity index (χ0n) is 6.20. The Balaban J connectivity index is 0. The van der Waals surface area contributed by atoms with Crippen LogP contribution in [0.3, 0.4) is 0 Å². The lowest BCUT2D eigenvalue weighted by Crippen LogP contribution is -2.38. The predicted octanol–water partition coefficient (Wildman–Crippen LogP) is -1.65. The van der Waals surface area contributed by atoms with Gasteiger partial charge in [-0.25, -0.2) is 9.59 Å². The molecule has 0 saturated carbocycles. The number of carbonyl (C=O) groups excluding carboxylic acids is 2. The summed E-state index contributed by atoms with van der Waals surface area (Å²) in [6.45, 7) is 3.19. The van der Waals surface area contributed by atoms with E-state index in [9.17, 15) is 9.59 Å². The number of amides is 4. The van der Waals surface area contributed by atoms with Crippen molar-refractivity contribution in [2.75, 3.05) is 0 Å². The van der Waals surface area contributed by atoms with Gasteiger partial charge in [0.2, 0.25) is 0 Å². The van der Waals surface area contributed by atoms with Gasteiger partial charge in [-0.2, -0.15) is 0 Å². The largest absolute Gasteiger partial charge is 0.351 e. The van der Waals surface area contributed by atoms with E-state index in [0.717, 1.165) is 0 Å². The highest BCUT2D eigenvalue weighted by atomic mass is 16.5. The first-order valence-electron chi connectivity index (χ1n) is 2.66. The van der Waals surface area contributed by atoms with Crippen molar-refractivity contribution in [3.8, 4) is 0 Å². The summed E-state index contributed by atoms with van der Waals surface area (Å²) in [6, 6.07) is -1.40. The molecule has 0 aliphatic rings. The van der Waals surface area contributed by atoms with Crippen molar-refractivity contribution in [2.45, 2.75) is 0 Å². The number of carbonyl (C=O) groups is 2. The number of urea groups is 2. The average Bonchev–Trinajstić information content (AvgIpc) is 1.87. The topological polar surface area (TPSA) is 142 Å². The number of nitrogens with two attached hydrogens (primary N) is 2. The molecular weight excluding hydrogens is 166 g/mol. The maximum Gasteiger partial charge on any atom is 0.328 e. The molecule has 0 radical (unpaired) electrons. The van der Waals surface area contributed by atoms with E-state index in [-0.39, 0.29) is 0 Å². The molecule has 0 fully saturated rings. The molecule has 0 aromatic carbocycles. The van der Waals surface area contributed by atoms with Crippen molar-refractivity contribution in [3.05, 3.63) is 12.8 Å². The number of nitrogens with one attached hydrogen (secondary N) is 3. The number of hydrogen-bond donors (Lipinski definition) is 6. The second kappa shape index (κ2) is 9.20. The maximum atomic E-state index is 9.64. The van der Waals surface area contributed by atoms with E-state index >= 15 is 0 Å². The van der Waals surface area contributed by atoms with Crippen LogP contribution in [-0.4, -0.2) is 17.3 Å². The smallest absolute Gasteiger partial charge is 0.328 e. The van der Waals surface area contributed by atoms with E-state index in [1.807, 2.05) is 0 Å². The van der Waals surface area contributed by atoms with E-state index in [4.69, 9.17) is 5.21 Å². The Hall–Kier alpha value is -1.80. The lowest BCUT2D eigenvalue weighted by Gasteiger charge is -1.90. The van der Waals surface area contributed by atoms with Crippen LogP contribution in [0, 0.1) is 0 Å². The average molecular weight is 177 g/mol. The SMILES string of the molecule is C=CNC(N)=O.NC(=O)NNO. The van der Waals surface area contributed by atoms with Crippen LogP contribution in [-0.2, 0) is 0 Å². The summed E-state index contributed by atoms with van der Waals surface area (Å²) in [4.78, 5) is 19.1. The molecule has 8 nitrogen and oxygen atoms in total. The van der Waals surface area contributed by atoms with Gasteiger partial charge in [-0.3, -0.25) is 10.6 Å². The zero-order valence-corrected chi connectivity index (χ0v) is 6.20. The fourth-order valence-corrected chi connectivity index (χ4v) is 0.156. The Morgan fingerprint density at radius 3 is 1.83 bits per heavy atom. The quantitative estimate of drug-likeness (QED) is 0.281. The molecule has 0 bridgehead atoms. The van der Waals surface area contributed by atoms with Gasteiger partial charge in [0.15, 0.2) is 0 Å². The van der Waals surface area contributed by atoms with Gasteiger partial charge in [0, 0.05) is 0 Å². The van der Waals surface area contributed by atoms with Crippen LogP contribution in [0.15, 0.2) is 12.8 Å². The summed E-state index contributed by atoms with van der Waals surface area (Å²) >= 11 is 0. The van der Waals surface area contributed by atoms with Gasteiger partial charge in [0.25, 0.3) is 0 Å². The first-order valence-corrected chi connectivity index (χ1v) is 2.66. The highest BCUT2D eigenvalue weighted by molar-refractivity contribution is 5.72. The summed E-state index contributed by atoms with van der Waals surface area (Å²) in [6.07, 6.45) is 1.22. The zero-order chi connectivity index (χ0) is 9.98. The molecule has 0 aromatic heterocycles. The third kappa shape index (κ3) is 24.1. The minimum atomic E-state index is -0.822. The van der Waals surface area contributed by atoms with Crippen molar-refractivity contribution < 1.29 is 14.8 Å². The van der Waals surface area contributed by atoms with E-state index in [0.29, 0.717) is 0 Å². The summed E-state index contributed by atoms with van der Waals surface area (Å²) in [7, 11) is 0. The lowest BCUT2D eigenvalue weighted by atomic mass is 10.9. The van der Waals surface area contributed by atoms with Crippen molar-refractivity contribution in [1.82, 2.24) is 16.3 Å². The van der Waals surface area contributed by atoms with Gasteiger partial charge in [0.1, 0.15) is 0 Å². The molecule has 0 heterocycles. The summed E-state index contributed by atoms with van der Waals surface area (Å²) in [5.74, 6) is 0. The van der Waals surface area contributed by atoms with Crippen molar-refractivity contribution in [1.29, 1.82) is 0 Å². The molecule has 0 saturated heterocycles. The predicted molar refractivity (Wildman–Crippen MR) is 40.6 cm³/mol. The summed E-state index contributed by atoms with van der Waals surface area (Å²) in [5.41, 5.74) is 12.0. The molecule has 0 atom stereocenters. The Labute approximate surface area is 68.5 Å². The standard InChI is InChI=1S/C3H6N2O.CH5N3O2/c1-2-5-3(4)6;2-1(5)3-4-6/h2H,1H2,(H3,4,5,6);4,6H,(H3,2,3,5). The van der Waals surface area contributed by atoms with Crippen LogP contribution in [0.1, 0.15) is 0 Å². The monoisotopic (exact) mass is 177 g/mol. The second-order valence-electron chi connectivity index (χ2n) is 1.31. The minimum absolute atomic E-state index is 0.579. The van der Waals surface area contributed by atoms with Crippen molar-refractivity contribution in [2.24, 2.45) is 11.5 Å². The Morgan fingerprint density at radius 1 is 1.33 bits per heavy atom. The Kier molecular flexibility index (Phi) is 9.84. The first kappa shape index (κ1) is 12.8. The van der Waals surface area contributed by atoms with Crippen LogP contribution in [0.5, 0.6) is 0 Å². The van der Waals surface area contributed by atoms with Gasteiger partial charge in [0.05, 0.1) is 0 Å². The number of hydrazine groups is 1. The van der Waals surface area contributed by atoms with E-state index < -0.39 is 12.1 Å². The Bertz CT molecular complexity index is 159. The van der Waals surface area contributed by atoms with Crippen molar-refractivity contribution >= 4 is 12.1 Å². The van der Waals surface area contributed by atoms with Crippen molar-refractivity contribution in [3.63, 3.8) is 0 Å². The van der Waals surface area contributed by atoms with Gasteiger partial charge in [-0.15, -0.1) is 5.59 Å². The van der Waals surface area contributed by atoms with Crippen LogP contribution in [0.4, 0.5) is 9.59 Å². The molecule has 0 rings (SSSR count). The first-order chi connectivity index (χ1) is 5.54. The number of hydrogen-bond acceptors (Lipinski definition) is 4. The minimum Gasteiger partial charge on any atom is -0.351 e. The third-order valence-electron chi connectivity index (χ3n) is 0.423. The van der Waals surface area contributed by atoms with E-state index in [1.54, 1.807) is 5.43 Å². The number of primary amides is 2. The van der Waals surface area contributed by atoms with Gasteiger partial charge < -0.3 is 16.8 Å². The molecule has 4 amide bonds. The molecule has 12 heavy (non-hydrogen) atoms. The molecule has 8 N–H and O–H groups in total. The molecule has 0 aromatic rings. The van der Waals surface area contributed by atoms with Crippen LogP contribution < -0.4 is 27.8 Å². The van der Waals surface area contributed by atoms with Crippen LogP contribution in [0.25, 0.3) is 0 Å².